The van der Waals surface area contributed by atoms with E-state index in [1.54, 1.807) is 30.3 Å². The highest BCUT2D eigenvalue weighted by molar-refractivity contribution is 6.74. The number of cyclic esters (lactones) is 1. The highest BCUT2D eigenvalue weighted by atomic mass is 28.4. The van der Waals surface area contributed by atoms with Gasteiger partial charge in [-0.05, 0) is 78.6 Å². The van der Waals surface area contributed by atoms with Gasteiger partial charge in [0, 0.05) is 5.56 Å². The van der Waals surface area contributed by atoms with Crippen LogP contribution in [0, 0.1) is 40.9 Å². The molecular formula is C39H55NO10Si. The Hall–Kier alpha value is -3.50. The van der Waals surface area contributed by atoms with Crippen LogP contribution in [0.4, 0.5) is 0 Å². The van der Waals surface area contributed by atoms with Gasteiger partial charge in [-0.3, -0.25) is 4.79 Å². The van der Waals surface area contributed by atoms with Crippen molar-refractivity contribution in [1.29, 1.82) is 5.26 Å². The number of carbonyl (C=O) groups excluding carboxylic acids is 1. The number of esters is 1. The van der Waals surface area contributed by atoms with Gasteiger partial charge in [0.15, 0.2) is 36.9 Å². The van der Waals surface area contributed by atoms with Crippen molar-refractivity contribution in [3.63, 3.8) is 0 Å². The van der Waals surface area contributed by atoms with Gasteiger partial charge < -0.3 is 42.7 Å². The van der Waals surface area contributed by atoms with Crippen LogP contribution in [0.25, 0.3) is 0 Å². The van der Waals surface area contributed by atoms with Gasteiger partial charge in [0.1, 0.15) is 6.07 Å². The molecule has 280 valence electrons. The molecule has 2 aromatic carbocycles. The standard InChI is InChI=1S/C39H55NO10Si/c1-22(2)26-14-12-23(3)16-28(26)48-37-33(32(36(42)49-37)34(41)24-17-30(43-7)35(45-9)31(18-24)44-8)39(20-40,50-51(10,11)38(4,5)6)25-13-15-27-29(19-25)47-21-46-27/h13,15,17-19,22-23,26,28,32-34,37,41H,12,14,16,21H2,1-11H3/t23-,26+,28-,32+,33-,34+,37-,39?/m1/s1. The first-order valence-electron chi connectivity index (χ1n) is 17.9. The SMILES string of the molecule is COc1cc([C@H](O)[C@H]2C(=O)O[C@@H](O[C@@H]3C[C@H](C)CC[C@H]3C(C)C)[C@@H]2C(C#N)(O[Si](C)(C)C(C)(C)C)c2ccc3c(c2)OCO3)cc(OC)c1OC. The predicted molar refractivity (Wildman–Crippen MR) is 192 cm³/mol. The van der Waals surface area contributed by atoms with E-state index in [0.29, 0.717) is 51.7 Å². The zero-order chi connectivity index (χ0) is 37.5. The number of hydrogen-bond donors (Lipinski definition) is 1. The van der Waals surface area contributed by atoms with E-state index in [2.05, 4.69) is 60.7 Å². The fourth-order valence-electron chi connectivity index (χ4n) is 7.55. The molecule has 11 nitrogen and oxygen atoms in total. The Morgan fingerprint density at radius 2 is 1.63 bits per heavy atom. The number of nitrogens with zero attached hydrogens (tertiary/aromatic N) is 1. The average Bonchev–Trinajstić information content (AvgIpc) is 3.69. The lowest BCUT2D eigenvalue weighted by atomic mass is 9.72. The fraction of sp³-hybridized carbons (Fsp3) is 0.641. The molecule has 12 heteroatoms. The van der Waals surface area contributed by atoms with Crippen LogP contribution in [0.2, 0.25) is 18.1 Å². The summed E-state index contributed by atoms with van der Waals surface area (Å²) < 4.78 is 48.6. The first-order valence-corrected chi connectivity index (χ1v) is 20.8. The van der Waals surface area contributed by atoms with Crippen LogP contribution in [-0.2, 0) is 24.3 Å². The number of ether oxygens (including phenoxy) is 7. The summed E-state index contributed by atoms with van der Waals surface area (Å²) in [4.78, 5) is 14.4. The lowest BCUT2D eigenvalue weighted by molar-refractivity contribution is -0.210. The van der Waals surface area contributed by atoms with Gasteiger partial charge in [-0.15, -0.1) is 0 Å². The molecule has 0 aromatic heterocycles. The fourth-order valence-corrected chi connectivity index (χ4v) is 8.96. The third-order valence-electron chi connectivity index (χ3n) is 11.5. The summed E-state index contributed by atoms with van der Waals surface area (Å²) in [5.41, 5.74) is -1.07. The molecule has 51 heavy (non-hydrogen) atoms. The molecule has 2 heterocycles. The number of aliphatic hydroxyl groups is 1. The van der Waals surface area contributed by atoms with Crippen molar-refractivity contribution in [3.8, 4) is 34.8 Å². The Morgan fingerprint density at radius 3 is 2.20 bits per heavy atom. The van der Waals surface area contributed by atoms with E-state index in [1.807, 2.05) is 0 Å². The zero-order valence-electron chi connectivity index (χ0n) is 31.9. The first-order chi connectivity index (χ1) is 24.0. The second-order valence-corrected chi connectivity index (χ2v) is 20.8. The normalized spacial score (nSPS) is 26.6. The lowest BCUT2D eigenvalue weighted by Gasteiger charge is -2.47. The molecule has 3 aliphatic rings. The van der Waals surface area contributed by atoms with E-state index >= 15 is 0 Å². The quantitative estimate of drug-likeness (QED) is 0.172. The van der Waals surface area contributed by atoms with Crippen LogP contribution in [0.3, 0.4) is 0 Å². The Kier molecular flexibility index (Phi) is 11.3. The van der Waals surface area contributed by atoms with Crippen molar-refractivity contribution in [2.24, 2.45) is 29.6 Å². The molecular weight excluding hydrogens is 671 g/mol. The molecule has 2 aliphatic heterocycles. The summed E-state index contributed by atoms with van der Waals surface area (Å²) in [5.74, 6) is -0.258. The van der Waals surface area contributed by atoms with E-state index in [-0.39, 0.29) is 23.9 Å². The van der Waals surface area contributed by atoms with E-state index in [9.17, 15) is 15.2 Å². The molecule has 1 N–H and O–H groups in total. The van der Waals surface area contributed by atoms with Crippen molar-refractivity contribution in [3.05, 3.63) is 41.5 Å². The van der Waals surface area contributed by atoms with Gasteiger partial charge >= 0.3 is 5.97 Å². The molecule has 1 aliphatic carbocycles. The molecule has 1 saturated heterocycles. The topological polar surface area (TPSA) is 135 Å². The molecule has 2 aromatic rings. The van der Waals surface area contributed by atoms with Crippen molar-refractivity contribution < 1.29 is 47.5 Å². The summed E-state index contributed by atoms with van der Waals surface area (Å²) >= 11 is 0. The van der Waals surface area contributed by atoms with Crippen molar-refractivity contribution >= 4 is 14.3 Å². The van der Waals surface area contributed by atoms with E-state index < -0.39 is 44.1 Å². The molecule has 2 fully saturated rings. The average molecular weight is 726 g/mol. The van der Waals surface area contributed by atoms with Crippen LogP contribution in [0.15, 0.2) is 30.3 Å². The number of hydrogen-bond acceptors (Lipinski definition) is 11. The van der Waals surface area contributed by atoms with Crippen LogP contribution < -0.4 is 23.7 Å². The summed E-state index contributed by atoms with van der Waals surface area (Å²) in [5, 5.41) is 23.6. The van der Waals surface area contributed by atoms with Gasteiger partial charge in [-0.2, -0.15) is 5.26 Å². The highest BCUT2D eigenvalue weighted by Gasteiger charge is 2.64. The minimum Gasteiger partial charge on any atom is -0.493 e. The molecule has 0 bridgehead atoms. The highest BCUT2D eigenvalue weighted by Crippen LogP contribution is 2.55. The maximum atomic E-state index is 14.4. The predicted octanol–water partition coefficient (Wildman–Crippen LogP) is 7.51. The third-order valence-corrected chi connectivity index (χ3v) is 15.9. The van der Waals surface area contributed by atoms with Gasteiger partial charge in [-0.1, -0.05) is 54.0 Å². The molecule has 8 atom stereocenters. The van der Waals surface area contributed by atoms with Crippen molar-refractivity contribution in [2.45, 2.75) is 103 Å². The number of methoxy groups -OCH3 is 3. The van der Waals surface area contributed by atoms with E-state index in [1.165, 1.54) is 21.3 Å². The number of benzene rings is 2. The summed E-state index contributed by atoms with van der Waals surface area (Å²) in [7, 11) is 1.63. The lowest BCUT2D eigenvalue weighted by Crippen LogP contribution is -2.55. The summed E-state index contributed by atoms with van der Waals surface area (Å²) in [6.07, 6.45) is -0.125. The zero-order valence-corrected chi connectivity index (χ0v) is 32.9. The Bertz CT molecular complexity index is 1590. The van der Waals surface area contributed by atoms with Gasteiger partial charge in [0.25, 0.3) is 0 Å². The minimum absolute atomic E-state index is 0.0388. The maximum absolute atomic E-state index is 14.4. The van der Waals surface area contributed by atoms with Crippen LogP contribution >= 0.6 is 0 Å². The minimum atomic E-state index is -2.82. The van der Waals surface area contributed by atoms with Crippen LogP contribution in [-0.4, -0.2) is 59.9 Å². The van der Waals surface area contributed by atoms with Crippen molar-refractivity contribution in [1.82, 2.24) is 0 Å². The number of rotatable bonds is 12. The monoisotopic (exact) mass is 725 g/mol. The van der Waals surface area contributed by atoms with Crippen LogP contribution in [0.1, 0.15) is 78.0 Å². The van der Waals surface area contributed by atoms with Gasteiger partial charge in [0.05, 0.1) is 45.4 Å². The maximum Gasteiger partial charge on any atom is 0.314 e. The smallest absolute Gasteiger partial charge is 0.314 e. The Balaban J connectivity index is 1.74. The number of nitriles is 1. The number of aliphatic hydroxyl groups excluding tert-OH is 1. The number of carbonyl (C=O) groups is 1. The second-order valence-electron chi connectivity index (χ2n) is 16.0. The second kappa shape index (κ2) is 14.9. The molecule has 0 spiro atoms. The van der Waals surface area contributed by atoms with Crippen molar-refractivity contribution in [2.75, 3.05) is 28.1 Å². The number of fused-ring (bicyclic) bond motifs is 1. The summed E-state index contributed by atoms with van der Waals surface area (Å²) in [6.45, 7) is 17.0. The van der Waals surface area contributed by atoms with E-state index in [0.717, 1.165) is 19.3 Å². The third kappa shape index (κ3) is 7.27. The summed E-state index contributed by atoms with van der Waals surface area (Å²) in [6, 6.07) is 11.0. The molecule has 1 unspecified atom stereocenters. The Morgan fingerprint density at radius 1 is 0.980 bits per heavy atom. The van der Waals surface area contributed by atoms with E-state index in [4.69, 9.17) is 37.6 Å². The Labute approximate surface area is 303 Å². The first kappa shape index (κ1) is 38.7. The molecule has 0 amide bonds. The largest absolute Gasteiger partial charge is 0.493 e. The molecule has 0 radical (unpaired) electrons. The molecule has 1 saturated carbocycles. The van der Waals surface area contributed by atoms with Crippen LogP contribution in [0.5, 0.6) is 28.7 Å². The molecule has 5 rings (SSSR count). The van der Waals surface area contributed by atoms with Gasteiger partial charge in [-0.25, -0.2) is 0 Å². The van der Waals surface area contributed by atoms with Gasteiger partial charge in [0.2, 0.25) is 18.8 Å².